The zero-order valence-electron chi connectivity index (χ0n) is 5.70. The number of amides is 2. The molecule has 2 N–H and O–H groups in total. The molecule has 59 valence electrons. The van der Waals surface area contributed by atoms with Crippen molar-refractivity contribution in [3.63, 3.8) is 0 Å². The summed E-state index contributed by atoms with van der Waals surface area (Å²) < 4.78 is 0. The monoisotopic (exact) mass is 155 g/mol. The predicted molar refractivity (Wildman–Crippen MR) is 35.1 cm³/mol. The van der Waals surface area contributed by atoms with Crippen molar-refractivity contribution >= 4 is 11.8 Å². The van der Waals surface area contributed by atoms with Gasteiger partial charge in [-0.25, -0.2) is 5.43 Å². The fraction of sp³-hybridized carbons (Fsp3) is 0.333. The summed E-state index contributed by atoms with van der Waals surface area (Å²) in [6.45, 7) is -0.152. The highest BCUT2D eigenvalue weighted by Gasteiger charge is 2.17. The van der Waals surface area contributed by atoms with Gasteiger partial charge in [0.05, 0.1) is 0 Å². The molecule has 5 heteroatoms. The maximum Gasteiger partial charge on any atom is 0.289 e. The van der Waals surface area contributed by atoms with Crippen molar-refractivity contribution in [3.8, 4) is 0 Å². The number of nitrogens with one attached hydrogen (secondary N) is 1. The summed E-state index contributed by atoms with van der Waals surface area (Å²) >= 11 is 0. The van der Waals surface area contributed by atoms with Crippen molar-refractivity contribution < 1.29 is 14.7 Å². The number of aliphatic hydroxyl groups excluding tert-OH is 1. The molecule has 0 aromatic heterocycles. The molecule has 1 aliphatic rings. The maximum absolute atomic E-state index is 10.8. The summed E-state index contributed by atoms with van der Waals surface area (Å²) in [5.41, 5.74) is 5.44. The van der Waals surface area contributed by atoms with Crippen molar-refractivity contribution in [2.24, 2.45) is 0 Å². The van der Waals surface area contributed by atoms with Gasteiger partial charge in [0.1, 0.15) is 0 Å². The van der Waals surface area contributed by atoms with Gasteiger partial charge in [-0.2, -0.15) is 0 Å². The lowest BCUT2D eigenvalue weighted by molar-refractivity contribution is -0.126. The average Bonchev–Trinajstić information content (AvgIpc) is 1.98. The minimum Gasteiger partial charge on any atom is -0.396 e. The Hall–Kier alpha value is -1.36. The molecule has 0 unspecified atom stereocenters. The molecule has 0 atom stereocenters. The molecule has 11 heavy (non-hydrogen) atoms. The van der Waals surface area contributed by atoms with E-state index in [1.54, 1.807) is 0 Å². The van der Waals surface area contributed by atoms with Gasteiger partial charge >= 0.3 is 0 Å². The summed E-state index contributed by atoms with van der Waals surface area (Å²) in [6, 6.07) is 0. The SMILES string of the molecule is O=C1C=C(CCO)C(=O)[N]N1. The van der Waals surface area contributed by atoms with E-state index in [4.69, 9.17) is 5.11 Å². The van der Waals surface area contributed by atoms with Gasteiger partial charge in [-0.15, -0.1) is 5.43 Å². The fourth-order valence-electron chi connectivity index (χ4n) is 0.729. The van der Waals surface area contributed by atoms with E-state index in [2.05, 4.69) is 5.43 Å². The van der Waals surface area contributed by atoms with Crippen molar-refractivity contribution in [2.45, 2.75) is 6.42 Å². The summed E-state index contributed by atoms with van der Waals surface area (Å²) in [6.07, 6.45) is 1.32. The third-order valence-corrected chi connectivity index (χ3v) is 1.23. The van der Waals surface area contributed by atoms with Crippen molar-refractivity contribution in [3.05, 3.63) is 11.6 Å². The molecule has 2 amide bonds. The van der Waals surface area contributed by atoms with Crippen LogP contribution in [-0.2, 0) is 9.59 Å². The highest BCUT2D eigenvalue weighted by Crippen LogP contribution is 2.03. The molecule has 5 nitrogen and oxygen atoms in total. The Morgan fingerprint density at radius 2 is 2.27 bits per heavy atom. The highest BCUT2D eigenvalue weighted by atomic mass is 16.3. The van der Waals surface area contributed by atoms with Crippen LogP contribution in [0.25, 0.3) is 0 Å². The largest absolute Gasteiger partial charge is 0.396 e. The van der Waals surface area contributed by atoms with Crippen LogP contribution in [0.3, 0.4) is 0 Å². The number of nitrogens with zero attached hydrogens (tertiary/aromatic N) is 1. The van der Waals surface area contributed by atoms with Crippen LogP contribution in [0.15, 0.2) is 11.6 Å². The van der Waals surface area contributed by atoms with Crippen LogP contribution in [0.1, 0.15) is 6.42 Å². The van der Waals surface area contributed by atoms with Gasteiger partial charge in [0.15, 0.2) is 0 Å². The summed E-state index contributed by atoms with van der Waals surface area (Å²) in [5.74, 6) is -0.910. The van der Waals surface area contributed by atoms with Gasteiger partial charge in [0.2, 0.25) is 0 Å². The lowest BCUT2D eigenvalue weighted by atomic mass is 10.1. The topological polar surface area (TPSA) is 80.5 Å². The zero-order valence-corrected chi connectivity index (χ0v) is 5.70. The standard InChI is InChI=1S/C6H7N2O3/c9-2-1-4-3-5(10)7-8-6(4)11/h3,9H,1-2H2,(H,7,10). The van der Waals surface area contributed by atoms with Crippen LogP contribution >= 0.6 is 0 Å². The second-order valence-corrected chi connectivity index (χ2v) is 2.04. The van der Waals surface area contributed by atoms with Gasteiger partial charge in [0.25, 0.3) is 11.8 Å². The molecule has 0 aliphatic carbocycles. The van der Waals surface area contributed by atoms with Crippen LogP contribution in [0, 0.1) is 0 Å². The molecule has 1 heterocycles. The molecule has 1 radical (unpaired) electrons. The van der Waals surface area contributed by atoms with Gasteiger partial charge in [-0.1, -0.05) is 0 Å². The smallest absolute Gasteiger partial charge is 0.289 e. The number of hydrogen-bond donors (Lipinski definition) is 2. The van der Waals surface area contributed by atoms with E-state index in [1.807, 2.05) is 5.43 Å². The van der Waals surface area contributed by atoms with Crippen LogP contribution in [0.4, 0.5) is 0 Å². The Balaban J connectivity index is 2.71. The third-order valence-electron chi connectivity index (χ3n) is 1.23. The minimum atomic E-state index is -0.487. The van der Waals surface area contributed by atoms with E-state index >= 15 is 0 Å². The van der Waals surface area contributed by atoms with Gasteiger partial charge in [-0.05, 0) is 0 Å². The normalized spacial score (nSPS) is 17.0. The molecule has 1 rings (SSSR count). The molecule has 0 spiro atoms. The molecule has 1 aliphatic heterocycles. The Kier molecular flexibility index (Phi) is 2.22. The maximum atomic E-state index is 10.8. The average molecular weight is 155 g/mol. The minimum absolute atomic E-state index is 0.152. The number of hydrogen-bond acceptors (Lipinski definition) is 3. The predicted octanol–water partition coefficient (Wildman–Crippen LogP) is -1.53. The van der Waals surface area contributed by atoms with E-state index in [-0.39, 0.29) is 18.6 Å². The summed E-state index contributed by atoms with van der Waals surface area (Å²) in [7, 11) is 0. The molecular formula is C6H7N2O3. The molecule has 0 aromatic rings. The lowest BCUT2D eigenvalue weighted by Gasteiger charge is -2.09. The number of carbonyl (C=O) groups excluding carboxylic acids is 2. The highest BCUT2D eigenvalue weighted by molar-refractivity contribution is 6.04. The molecule has 0 bridgehead atoms. The van der Waals surface area contributed by atoms with Crippen LogP contribution in [-0.4, -0.2) is 23.5 Å². The van der Waals surface area contributed by atoms with E-state index in [9.17, 15) is 9.59 Å². The molecule has 0 saturated carbocycles. The van der Waals surface area contributed by atoms with E-state index in [0.29, 0.717) is 0 Å². The molecule has 0 fully saturated rings. The van der Waals surface area contributed by atoms with Crippen molar-refractivity contribution in [1.29, 1.82) is 0 Å². The second kappa shape index (κ2) is 3.16. The molecule has 0 aromatic carbocycles. The first kappa shape index (κ1) is 7.74. The Morgan fingerprint density at radius 1 is 1.55 bits per heavy atom. The van der Waals surface area contributed by atoms with Crippen LogP contribution in [0.5, 0.6) is 0 Å². The summed E-state index contributed by atoms with van der Waals surface area (Å²) in [5, 5.41) is 8.46. The van der Waals surface area contributed by atoms with Gasteiger partial charge in [-0.3, -0.25) is 9.59 Å². The lowest BCUT2D eigenvalue weighted by Crippen LogP contribution is -2.39. The second-order valence-electron chi connectivity index (χ2n) is 2.04. The Labute approximate surface area is 63.1 Å². The van der Waals surface area contributed by atoms with Crippen molar-refractivity contribution in [1.82, 2.24) is 10.9 Å². The van der Waals surface area contributed by atoms with Gasteiger partial charge in [0, 0.05) is 24.7 Å². The van der Waals surface area contributed by atoms with E-state index < -0.39 is 11.8 Å². The third kappa shape index (κ3) is 1.78. The Morgan fingerprint density at radius 3 is 2.91 bits per heavy atom. The first-order chi connectivity index (χ1) is 5.24. The van der Waals surface area contributed by atoms with Gasteiger partial charge < -0.3 is 5.11 Å². The number of carbonyl (C=O) groups is 2. The van der Waals surface area contributed by atoms with Crippen molar-refractivity contribution in [2.75, 3.05) is 6.61 Å². The zero-order chi connectivity index (χ0) is 8.27. The summed E-state index contributed by atoms with van der Waals surface area (Å²) in [4.78, 5) is 21.3. The first-order valence-electron chi connectivity index (χ1n) is 3.10. The first-order valence-corrected chi connectivity index (χ1v) is 3.10. The molecular weight excluding hydrogens is 148 g/mol. The quantitative estimate of drug-likeness (QED) is 0.507. The van der Waals surface area contributed by atoms with Crippen LogP contribution in [0.2, 0.25) is 0 Å². The molecule has 0 saturated heterocycles. The van der Waals surface area contributed by atoms with Crippen LogP contribution < -0.4 is 10.9 Å². The van der Waals surface area contributed by atoms with E-state index in [0.717, 1.165) is 6.08 Å². The number of rotatable bonds is 2. The van der Waals surface area contributed by atoms with E-state index in [1.165, 1.54) is 0 Å². The number of aliphatic hydroxyl groups is 1. The fourth-order valence-corrected chi connectivity index (χ4v) is 0.729. The Bertz CT molecular complexity index is 222.